The maximum atomic E-state index is 4.58. The van der Waals surface area contributed by atoms with Crippen molar-refractivity contribution in [1.29, 1.82) is 0 Å². The third kappa shape index (κ3) is 5.17. The fourth-order valence-electron chi connectivity index (χ4n) is 1.84. The maximum absolute atomic E-state index is 4.58. The van der Waals surface area contributed by atoms with E-state index >= 15 is 0 Å². The lowest BCUT2D eigenvalue weighted by Crippen LogP contribution is -2.33. The highest BCUT2D eigenvalue weighted by molar-refractivity contribution is 7.09. The number of nitrogens with one attached hydrogen (secondary N) is 1. The van der Waals surface area contributed by atoms with Crippen molar-refractivity contribution in [2.24, 2.45) is 11.3 Å². The van der Waals surface area contributed by atoms with Gasteiger partial charge in [0, 0.05) is 17.5 Å². The van der Waals surface area contributed by atoms with Crippen LogP contribution < -0.4 is 5.32 Å². The van der Waals surface area contributed by atoms with E-state index in [0.717, 1.165) is 25.2 Å². The molecule has 0 saturated heterocycles. The molecule has 0 aliphatic heterocycles. The molecule has 1 atom stereocenters. The van der Waals surface area contributed by atoms with Gasteiger partial charge in [0.15, 0.2) is 0 Å². The van der Waals surface area contributed by atoms with Crippen molar-refractivity contribution >= 4 is 11.3 Å². The number of rotatable bonds is 6. The SMILES string of the molecule is CCCNCC(Cc1nc(C)cs1)C(C)(C)C. The highest BCUT2D eigenvalue weighted by Crippen LogP contribution is 2.29. The standard InChI is InChI=1S/C14H26N2S/c1-6-7-15-9-12(14(3,4)5)8-13-16-11(2)10-17-13/h10,12,15H,6-9H2,1-5H3. The van der Waals surface area contributed by atoms with E-state index < -0.39 is 0 Å². The van der Waals surface area contributed by atoms with Gasteiger partial charge in [-0.15, -0.1) is 11.3 Å². The van der Waals surface area contributed by atoms with Crippen LogP contribution in [0.4, 0.5) is 0 Å². The van der Waals surface area contributed by atoms with E-state index in [-0.39, 0.29) is 0 Å². The number of aromatic nitrogens is 1. The highest BCUT2D eigenvalue weighted by atomic mass is 32.1. The number of hydrogen-bond donors (Lipinski definition) is 1. The summed E-state index contributed by atoms with van der Waals surface area (Å²) in [6, 6.07) is 0. The first-order valence-electron chi connectivity index (χ1n) is 6.55. The molecule has 1 heterocycles. The van der Waals surface area contributed by atoms with Crippen molar-refractivity contribution in [2.75, 3.05) is 13.1 Å². The van der Waals surface area contributed by atoms with Gasteiger partial charge in [-0.3, -0.25) is 0 Å². The van der Waals surface area contributed by atoms with E-state index in [2.05, 4.69) is 50.3 Å². The van der Waals surface area contributed by atoms with Crippen LogP contribution in [0.2, 0.25) is 0 Å². The van der Waals surface area contributed by atoms with Crippen LogP contribution in [-0.2, 0) is 6.42 Å². The molecule has 0 bridgehead atoms. The largest absolute Gasteiger partial charge is 0.316 e. The first-order chi connectivity index (χ1) is 7.93. The first kappa shape index (κ1) is 14.7. The third-order valence-corrected chi connectivity index (χ3v) is 4.12. The molecular formula is C14H26N2S. The lowest BCUT2D eigenvalue weighted by atomic mass is 9.79. The summed E-state index contributed by atoms with van der Waals surface area (Å²) in [5.74, 6) is 0.652. The molecule has 0 radical (unpaired) electrons. The molecule has 0 amide bonds. The molecule has 1 unspecified atom stereocenters. The number of thiazole rings is 1. The van der Waals surface area contributed by atoms with E-state index in [1.807, 2.05) is 0 Å². The molecule has 2 nitrogen and oxygen atoms in total. The zero-order valence-electron chi connectivity index (χ0n) is 11.8. The van der Waals surface area contributed by atoms with Gasteiger partial charge >= 0.3 is 0 Å². The quantitative estimate of drug-likeness (QED) is 0.784. The van der Waals surface area contributed by atoms with Gasteiger partial charge < -0.3 is 5.32 Å². The molecule has 1 rings (SSSR count). The van der Waals surface area contributed by atoms with Gasteiger partial charge in [0.1, 0.15) is 0 Å². The Hall–Kier alpha value is -0.410. The Balaban J connectivity index is 2.57. The van der Waals surface area contributed by atoms with Crippen molar-refractivity contribution in [2.45, 2.75) is 47.5 Å². The summed E-state index contributed by atoms with van der Waals surface area (Å²) >= 11 is 1.79. The summed E-state index contributed by atoms with van der Waals surface area (Å²) in [5.41, 5.74) is 1.49. The van der Waals surface area contributed by atoms with Crippen molar-refractivity contribution in [1.82, 2.24) is 10.3 Å². The van der Waals surface area contributed by atoms with Crippen molar-refractivity contribution in [3.05, 3.63) is 16.1 Å². The van der Waals surface area contributed by atoms with Crippen LogP contribution in [0.25, 0.3) is 0 Å². The molecule has 0 aliphatic rings. The Morgan fingerprint density at radius 3 is 2.59 bits per heavy atom. The van der Waals surface area contributed by atoms with Crippen molar-refractivity contribution in [3.63, 3.8) is 0 Å². The van der Waals surface area contributed by atoms with Crippen LogP contribution in [0, 0.1) is 18.3 Å². The molecule has 0 fully saturated rings. The van der Waals surface area contributed by atoms with Gasteiger partial charge in [-0.25, -0.2) is 4.98 Å². The summed E-state index contributed by atoms with van der Waals surface area (Å²) in [7, 11) is 0. The van der Waals surface area contributed by atoms with Crippen LogP contribution in [0.15, 0.2) is 5.38 Å². The van der Waals surface area contributed by atoms with E-state index in [1.165, 1.54) is 11.4 Å². The molecule has 0 aliphatic carbocycles. The van der Waals surface area contributed by atoms with Crippen LogP contribution in [0.1, 0.15) is 44.8 Å². The van der Waals surface area contributed by atoms with Gasteiger partial charge in [0.25, 0.3) is 0 Å². The molecule has 17 heavy (non-hydrogen) atoms. The minimum absolute atomic E-state index is 0.334. The molecule has 98 valence electrons. The summed E-state index contributed by atoms with van der Waals surface area (Å²) in [6.45, 7) is 13.5. The molecule has 0 saturated carbocycles. The minimum Gasteiger partial charge on any atom is -0.316 e. The molecule has 0 aromatic carbocycles. The number of aryl methyl sites for hydroxylation is 1. The molecular weight excluding hydrogens is 228 g/mol. The van der Waals surface area contributed by atoms with Crippen LogP contribution in [0.5, 0.6) is 0 Å². The van der Waals surface area contributed by atoms with Crippen molar-refractivity contribution < 1.29 is 0 Å². The zero-order valence-corrected chi connectivity index (χ0v) is 12.7. The monoisotopic (exact) mass is 254 g/mol. The number of hydrogen-bond acceptors (Lipinski definition) is 3. The predicted octanol–water partition coefficient (Wildman–Crippen LogP) is 3.66. The van der Waals surface area contributed by atoms with Gasteiger partial charge in [0.05, 0.1) is 5.01 Å². The van der Waals surface area contributed by atoms with E-state index in [9.17, 15) is 0 Å². The third-order valence-electron chi connectivity index (χ3n) is 3.13. The van der Waals surface area contributed by atoms with E-state index in [4.69, 9.17) is 0 Å². The van der Waals surface area contributed by atoms with Crippen LogP contribution in [-0.4, -0.2) is 18.1 Å². The Labute approximate surface area is 110 Å². The van der Waals surface area contributed by atoms with Crippen LogP contribution >= 0.6 is 11.3 Å². The molecule has 3 heteroatoms. The second-order valence-electron chi connectivity index (χ2n) is 5.85. The average Bonchev–Trinajstić information content (AvgIpc) is 2.61. The zero-order chi connectivity index (χ0) is 12.9. The second-order valence-corrected chi connectivity index (χ2v) is 6.80. The summed E-state index contributed by atoms with van der Waals surface area (Å²) < 4.78 is 0. The lowest BCUT2D eigenvalue weighted by Gasteiger charge is -2.30. The smallest absolute Gasteiger partial charge is 0.0931 e. The predicted molar refractivity (Wildman–Crippen MR) is 76.7 cm³/mol. The summed E-state index contributed by atoms with van der Waals surface area (Å²) in [6.07, 6.45) is 2.30. The molecule has 1 aromatic rings. The second kappa shape index (κ2) is 6.50. The van der Waals surface area contributed by atoms with E-state index in [1.54, 1.807) is 11.3 Å². The Kier molecular flexibility index (Phi) is 5.60. The Morgan fingerprint density at radius 2 is 2.12 bits per heavy atom. The summed E-state index contributed by atoms with van der Waals surface area (Å²) in [4.78, 5) is 4.58. The van der Waals surface area contributed by atoms with Gasteiger partial charge in [-0.1, -0.05) is 27.7 Å². The summed E-state index contributed by atoms with van der Waals surface area (Å²) in [5, 5.41) is 6.97. The molecule has 0 spiro atoms. The number of nitrogens with zero attached hydrogens (tertiary/aromatic N) is 1. The fraction of sp³-hybridized carbons (Fsp3) is 0.786. The van der Waals surface area contributed by atoms with E-state index in [0.29, 0.717) is 11.3 Å². The fourth-order valence-corrected chi connectivity index (χ4v) is 2.70. The highest BCUT2D eigenvalue weighted by Gasteiger charge is 2.25. The van der Waals surface area contributed by atoms with Crippen molar-refractivity contribution in [3.8, 4) is 0 Å². The molecule has 1 N–H and O–H groups in total. The topological polar surface area (TPSA) is 24.9 Å². The Morgan fingerprint density at radius 1 is 1.41 bits per heavy atom. The molecule has 1 aromatic heterocycles. The van der Waals surface area contributed by atoms with Gasteiger partial charge in [0.2, 0.25) is 0 Å². The lowest BCUT2D eigenvalue weighted by molar-refractivity contribution is 0.231. The van der Waals surface area contributed by atoms with Gasteiger partial charge in [-0.05, 0) is 37.8 Å². The van der Waals surface area contributed by atoms with Crippen LogP contribution in [0.3, 0.4) is 0 Å². The Bertz CT molecular complexity index is 325. The maximum Gasteiger partial charge on any atom is 0.0931 e. The van der Waals surface area contributed by atoms with Gasteiger partial charge in [-0.2, -0.15) is 0 Å². The minimum atomic E-state index is 0.334. The first-order valence-corrected chi connectivity index (χ1v) is 7.43. The average molecular weight is 254 g/mol. The normalized spacial score (nSPS) is 13.9.